The van der Waals surface area contributed by atoms with Gasteiger partial charge in [-0.1, -0.05) is 38.7 Å². The van der Waals surface area contributed by atoms with Gasteiger partial charge in [0.15, 0.2) is 9.58 Å². The number of halogens is 4. The van der Waals surface area contributed by atoms with E-state index in [9.17, 15) is 13.2 Å². The predicted octanol–water partition coefficient (Wildman–Crippen LogP) is 4.07. The van der Waals surface area contributed by atoms with Crippen LogP contribution in [0.5, 0.6) is 0 Å². The molecule has 1 fully saturated rings. The minimum absolute atomic E-state index is 0. The molecule has 0 N–H and O–H groups in total. The summed E-state index contributed by atoms with van der Waals surface area (Å²) in [4.78, 5) is 0.651. The molecule has 5 heteroatoms. The Morgan fingerprint density at radius 3 is 2.26 bits per heavy atom. The largest absolute Gasteiger partial charge is 1.00 e. The highest BCUT2D eigenvalue weighted by Crippen LogP contribution is 2.54. The van der Waals surface area contributed by atoms with E-state index in [2.05, 4.69) is 0 Å². The molecule has 0 radical (unpaired) electrons. The Hall–Kier alpha value is -0.740. The van der Waals surface area contributed by atoms with Crippen molar-refractivity contribution < 1.29 is 25.6 Å². The van der Waals surface area contributed by atoms with Gasteiger partial charge in [0.2, 0.25) is 0 Å². The van der Waals surface area contributed by atoms with Crippen molar-refractivity contribution in [1.29, 1.82) is 0 Å². The Balaban J connectivity index is 0.00000192. The first-order chi connectivity index (χ1) is 10.5. The second kappa shape index (κ2) is 7.43. The van der Waals surface area contributed by atoms with E-state index in [1.807, 2.05) is 25.1 Å². The molecular weight excluding hydrogens is 341 g/mol. The zero-order chi connectivity index (χ0) is 15.7. The van der Waals surface area contributed by atoms with Crippen LogP contribution in [0.15, 0.2) is 24.3 Å². The monoisotopic (exact) mass is 362 g/mol. The number of thiophene rings is 1. The Morgan fingerprint density at radius 1 is 1.04 bits per heavy atom. The quantitative estimate of drug-likeness (QED) is 0.558. The fourth-order valence-corrected chi connectivity index (χ4v) is 5.70. The van der Waals surface area contributed by atoms with Gasteiger partial charge in [0.25, 0.3) is 0 Å². The minimum Gasteiger partial charge on any atom is -1.00 e. The second-order valence-corrected chi connectivity index (χ2v) is 8.20. The number of hydrogen-bond donors (Lipinski definition) is 0. The number of hydrogen-bond acceptors (Lipinski definition) is 0. The van der Waals surface area contributed by atoms with E-state index in [4.69, 9.17) is 0 Å². The third-order valence-corrected chi connectivity index (χ3v) is 6.92. The van der Waals surface area contributed by atoms with Crippen molar-refractivity contribution in [2.75, 3.05) is 0 Å². The summed E-state index contributed by atoms with van der Waals surface area (Å²) in [5.74, 6) is 0.116. The topological polar surface area (TPSA) is 0 Å². The van der Waals surface area contributed by atoms with Crippen LogP contribution in [-0.4, -0.2) is 0 Å². The predicted molar refractivity (Wildman–Crippen MR) is 87.5 cm³/mol. The van der Waals surface area contributed by atoms with Crippen LogP contribution in [0, 0.1) is 0 Å². The molecule has 1 aromatic heterocycles. The van der Waals surface area contributed by atoms with Crippen molar-refractivity contribution in [2.45, 2.75) is 63.3 Å². The molecule has 23 heavy (non-hydrogen) atoms. The average Bonchev–Trinajstić information content (AvgIpc) is 2.66. The van der Waals surface area contributed by atoms with E-state index in [0.29, 0.717) is 9.58 Å². The van der Waals surface area contributed by atoms with Gasteiger partial charge in [-0.25, -0.2) is 0 Å². The third kappa shape index (κ3) is 3.85. The first kappa shape index (κ1) is 18.6. The molecule has 2 aromatic rings. The van der Waals surface area contributed by atoms with Crippen LogP contribution in [0.1, 0.15) is 61.8 Å². The van der Waals surface area contributed by atoms with Crippen molar-refractivity contribution in [3.8, 4) is 0 Å². The van der Waals surface area contributed by atoms with E-state index in [0.717, 1.165) is 55.9 Å². The molecule has 1 aliphatic carbocycles. The van der Waals surface area contributed by atoms with Crippen molar-refractivity contribution in [3.05, 3.63) is 34.7 Å². The molecule has 0 bridgehead atoms. The van der Waals surface area contributed by atoms with Gasteiger partial charge in [0, 0.05) is 17.4 Å². The van der Waals surface area contributed by atoms with Crippen molar-refractivity contribution in [2.24, 2.45) is 0 Å². The maximum atomic E-state index is 13.7. The number of alkyl halides is 3. The van der Waals surface area contributed by atoms with E-state index >= 15 is 0 Å². The van der Waals surface area contributed by atoms with Crippen molar-refractivity contribution in [3.63, 3.8) is 0 Å². The lowest BCUT2D eigenvalue weighted by Crippen LogP contribution is -3.00. The fourth-order valence-electron chi connectivity index (χ4n) is 3.56. The molecule has 1 aromatic carbocycles. The Morgan fingerprint density at radius 2 is 1.70 bits per heavy atom. The summed E-state index contributed by atoms with van der Waals surface area (Å²) in [6.45, 7) is 2.04. The molecule has 1 saturated carbocycles. The van der Waals surface area contributed by atoms with E-state index in [-0.39, 0.29) is 18.3 Å². The SMILES string of the molecule is CCc1ccc2c(c1)cc(C1CCCCCC1)[s+]2C(F)(F)F.[Cl-]. The standard InChI is InChI=1S/C18H22F3S.ClH/c1-2-13-9-10-16-15(11-13)12-17(22(16)18(19,20)21)14-7-5-3-4-6-8-14;/h9-12,14H,2-8H2,1H3;1H/q+1;/p-1. The number of benzene rings is 1. The zero-order valence-electron chi connectivity index (χ0n) is 13.3. The van der Waals surface area contributed by atoms with E-state index < -0.39 is 16.0 Å². The van der Waals surface area contributed by atoms with Crippen LogP contribution in [0.4, 0.5) is 13.2 Å². The van der Waals surface area contributed by atoms with E-state index in [1.54, 1.807) is 6.07 Å². The lowest BCUT2D eigenvalue weighted by Gasteiger charge is -2.10. The van der Waals surface area contributed by atoms with Gasteiger partial charge in [-0.05, 0) is 37.0 Å². The molecule has 3 rings (SSSR count). The molecular formula is C18H22ClF3S. The van der Waals surface area contributed by atoms with Crippen LogP contribution in [0.2, 0.25) is 0 Å². The lowest BCUT2D eigenvalue weighted by molar-refractivity contribution is -0.0868. The van der Waals surface area contributed by atoms with Gasteiger partial charge in [-0.2, -0.15) is 0 Å². The molecule has 0 saturated heterocycles. The summed E-state index contributed by atoms with van der Waals surface area (Å²) in [7, 11) is -1.71. The molecule has 1 aliphatic rings. The summed E-state index contributed by atoms with van der Waals surface area (Å²) in [5, 5.41) is 0.805. The molecule has 0 aliphatic heterocycles. The first-order valence-corrected chi connectivity index (χ1v) is 9.39. The molecule has 0 nitrogen and oxygen atoms in total. The highest BCUT2D eigenvalue weighted by atomic mass is 35.5. The Labute approximate surface area is 144 Å². The van der Waals surface area contributed by atoms with Gasteiger partial charge < -0.3 is 12.4 Å². The summed E-state index contributed by atoms with van der Waals surface area (Å²) in [5.41, 5.74) is -3.04. The third-order valence-electron chi connectivity index (χ3n) is 4.72. The second-order valence-electron chi connectivity index (χ2n) is 6.21. The molecule has 1 atom stereocenters. The number of fused-ring (bicyclic) bond motifs is 1. The summed E-state index contributed by atoms with van der Waals surface area (Å²) < 4.78 is 41.6. The molecule has 1 unspecified atom stereocenters. The van der Waals surface area contributed by atoms with Crippen LogP contribution in [0.25, 0.3) is 10.1 Å². The van der Waals surface area contributed by atoms with Crippen LogP contribution < -0.4 is 12.4 Å². The van der Waals surface area contributed by atoms with Gasteiger partial charge in [0.05, 0.1) is 10.5 Å². The number of aryl methyl sites for hydroxylation is 1. The van der Waals surface area contributed by atoms with E-state index in [1.165, 1.54) is 0 Å². The van der Waals surface area contributed by atoms with Crippen LogP contribution in [0.3, 0.4) is 0 Å². The molecule has 128 valence electrons. The van der Waals surface area contributed by atoms with Gasteiger partial charge >= 0.3 is 5.51 Å². The summed E-state index contributed by atoms with van der Waals surface area (Å²) in [6.07, 6.45) is 7.15. The minimum atomic E-state index is -4.16. The molecule has 0 spiro atoms. The highest BCUT2D eigenvalue weighted by molar-refractivity contribution is 7.38. The Bertz CT molecular complexity index is 652. The van der Waals surface area contributed by atoms with Gasteiger partial charge in [0.1, 0.15) is 0 Å². The normalized spacial score (nSPS) is 17.8. The summed E-state index contributed by atoms with van der Waals surface area (Å²) >= 11 is 0. The molecule has 1 heterocycles. The first-order valence-electron chi connectivity index (χ1n) is 8.16. The Kier molecular flexibility index (Phi) is 6.01. The summed E-state index contributed by atoms with van der Waals surface area (Å²) in [6, 6.07) is 7.38. The fraction of sp³-hybridized carbons (Fsp3) is 0.556. The smallest absolute Gasteiger partial charge is 0.600 e. The van der Waals surface area contributed by atoms with Crippen molar-refractivity contribution in [1.82, 2.24) is 0 Å². The van der Waals surface area contributed by atoms with Crippen LogP contribution in [-0.2, 0) is 11.9 Å². The average molecular weight is 363 g/mol. The lowest BCUT2D eigenvalue weighted by atomic mass is 9.98. The zero-order valence-corrected chi connectivity index (χ0v) is 14.8. The molecule has 0 amide bonds. The van der Waals surface area contributed by atoms with Crippen LogP contribution >= 0.6 is 10.5 Å². The van der Waals surface area contributed by atoms with Gasteiger partial charge in [-0.15, -0.1) is 13.2 Å². The maximum Gasteiger partial charge on any atom is 0.600 e. The maximum absolute atomic E-state index is 13.7. The number of rotatable bonds is 2. The van der Waals surface area contributed by atoms with Crippen molar-refractivity contribution >= 4 is 20.6 Å². The highest BCUT2D eigenvalue weighted by Gasteiger charge is 2.49. The van der Waals surface area contributed by atoms with Gasteiger partial charge in [-0.3, -0.25) is 0 Å².